The van der Waals surface area contributed by atoms with Crippen LogP contribution in [0.4, 0.5) is 18.3 Å². The van der Waals surface area contributed by atoms with E-state index >= 15 is 0 Å². The molecule has 2 aromatic carbocycles. The lowest BCUT2D eigenvalue weighted by atomic mass is 10.1. The van der Waals surface area contributed by atoms with Crippen LogP contribution in [-0.2, 0) is 17.4 Å². The number of hydrogen-bond donors (Lipinski definition) is 1. The third-order valence-corrected chi connectivity index (χ3v) is 4.88. The zero-order valence-electron chi connectivity index (χ0n) is 14.1. The molecule has 0 unspecified atom stereocenters. The van der Waals surface area contributed by atoms with Gasteiger partial charge in [0.15, 0.2) is 5.13 Å². The fraction of sp³-hybridized carbons (Fsp3) is 0.158. The van der Waals surface area contributed by atoms with E-state index in [4.69, 9.17) is 11.6 Å². The Labute approximate surface area is 162 Å². The summed E-state index contributed by atoms with van der Waals surface area (Å²) in [6.07, 6.45) is -4.61. The maximum absolute atomic E-state index is 12.8. The highest BCUT2D eigenvalue weighted by molar-refractivity contribution is 7.16. The van der Waals surface area contributed by atoms with Crippen LogP contribution in [0.15, 0.2) is 48.5 Å². The Morgan fingerprint density at radius 1 is 1.19 bits per heavy atom. The molecule has 0 saturated heterocycles. The summed E-state index contributed by atoms with van der Waals surface area (Å²) in [5.74, 6) is -0.430. The van der Waals surface area contributed by atoms with Gasteiger partial charge < -0.3 is 5.32 Å². The average Bonchev–Trinajstić information content (AvgIpc) is 2.94. The Morgan fingerprint density at radius 2 is 1.93 bits per heavy atom. The summed E-state index contributed by atoms with van der Waals surface area (Å²) in [5, 5.41) is 3.62. The van der Waals surface area contributed by atoms with Crippen LogP contribution in [0.3, 0.4) is 0 Å². The molecule has 0 aliphatic rings. The van der Waals surface area contributed by atoms with Crippen molar-refractivity contribution in [2.75, 3.05) is 5.32 Å². The first kappa shape index (κ1) is 19.4. The number of carbonyl (C=O) groups excluding carboxylic acids is 1. The summed E-state index contributed by atoms with van der Waals surface area (Å²) in [5.41, 5.74) is 1.04. The van der Waals surface area contributed by atoms with Crippen LogP contribution in [0.2, 0.25) is 5.02 Å². The summed E-state index contributed by atoms with van der Waals surface area (Å²) in [6.45, 7) is 1.87. The monoisotopic (exact) mass is 410 g/mol. The summed E-state index contributed by atoms with van der Waals surface area (Å²) in [6, 6.07) is 11.9. The number of halogens is 4. The fourth-order valence-corrected chi connectivity index (χ4v) is 3.60. The van der Waals surface area contributed by atoms with Crippen LogP contribution in [0.25, 0.3) is 11.3 Å². The largest absolute Gasteiger partial charge is 0.416 e. The molecule has 1 N–H and O–H groups in total. The maximum Gasteiger partial charge on any atom is 0.416 e. The molecule has 0 atom stereocenters. The SMILES string of the molecule is Cc1sc(NC(=O)Cc2cccc(C(F)(F)F)c2)nc1-c1cccc(Cl)c1. The number of anilines is 1. The molecule has 140 valence electrons. The highest BCUT2D eigenvalue weighted by Crippen LogP contribution is 2.32. The molecule has 3 nitrogen and oxygen atoms in total. The lowest BCUT2D eigenvalue weighted by Crippen LogP contribution is -2.15. The van der Waals surface area contributed by atoms with Gasteiger partial charge >= 0.3 is 6.18 Å². The predicted molar refractivity (Wildman–Crippen MR) is 101 cm³/mol. The van der Waals surface area contributed by atoms with Crippen LogP contribution in [-0.4, -0.2) is 10.9 Å². The molecule has 0 spiro atoms. The molecule has 0 aliphatic carbocycles. The quantitative estimate of drug-likeness (QED) is 0.575. The van der Waals surface area contributed by atoms with Crippen LogP contribution >= 0.6 is 22.9 Å². The maximum atomic E-state index is 12.8. The first-order valence-electron chi connectivity index (χ1n) is 7.92. The zero-order valence-corrected chi connectivity index (χ0v) is 15.7. The van der Waals surface area contributed by atoms with Crippen LogP contribution in [0.5, 0.6) is 0 Å². The minimum absolute atomic E-state index is 0.172. The van der Waals surface area contributed by atoms with Gasteiger partial charge in [-0.1, -0.05) is 41.9 Å². The molecule has 0 saturated carbocycles. The van der Waals surface area contributed by atoms with Gasteiger partial charge in [-0.15, -0.1) is 11.3 Å². The van der Waals surface area contributed by atoms with E-state index in [1.165, 1.54) is 23.5 Å². The smallest absolute Gasteiger partial charge is 0.302 e. The van der Waals surface area contributed by atoms with E-state index in [0.29, 0.717) is 15.8 Å². The third kappa shape index (κ3) is 4.87. The highest BCUT2D eigenvalue weighted by atomic mass is 35.5. The van der Waals surface area contributed by atoms with Crippen molar-refractivity contribution in [1.82, 2.24) is 4.98 Å². The Morgan fingerprint density at radius 3 is 2.63 bits per heavy atom. The first-order chi connectivity index (χ1) is 12.7. The van der Waals surface area contributed by atoms with Crippen molar-refractivity contribution in [3.05, 3.63) is 69.6 Å². The van der Waals surface area contributed by atoms with Crippen molar-refractivity contribution in [3.63, 3.8) is 0 Å². The van der Waals surface area contributed by atoms with Gasteiger partial charge in [0.1, 0.15) is 0 Å². The van der Waals surface area contributed by atoms with Crippen molar-refractivity contribution in [2.45, 2.75) is 19.5 Å². The number of aryl methyl sites for hydroxylation is 1. The average molecular weight is 411 g/mol. The van der Waals surface area contributed by atoms with E-state index in [2.05, 4.69) is 10.3 Å². The predicted octanol–water partition coefficient (Wildman–Crippen LogP) is 5.97. The van der Waals surface area contributed by atoms with Crippen LogP contribution in [0.1, 0.15) is 16.0 Å². The Balaban J connectivity index is 1.73. The third-order valence-electron chi connectivity index (χ3n) is 3.76. The molecule has 1 amide bonds. The highest BCUT2D eigenvalue weighted by Gasteiger charge is 2.30. The topological polar surface area (TPSA) is 42.0 Å². The summed E-state index contributed by atoms with van der Waals surface area (Å²) in [4.78, 5) is 17.5. The summed E-state index contributed by atoms with van der Waals surface area (Å²) < 4.78 is 38.3. The molecule has 3 aromatic rings. The molecule has 0 aliphatic heterocycles. The van der Waals surface area contributed by atoms with Gasteiger partial charge in [-0.25, -0.2) is 4.98 Å². The number of benzene rings is 2. The van der Waals surface area contributed by atoms with Gasteiger partial charge in [0.2, 0.25) is 5.91 Å². The Hall–Kier alpha value is -2.38. The number of rotatable bonds is 4. The van der Waals surface area contributed by atoms with Gasteiger partial charge in [0.25, 0.3) is 0 Å². The zero-order chi connectivity index (χ0) is 19.6. The number of aromatic nitrogens is 1. The number of thiazole rings is 1. The lowest BCUT2D eigenvalue weighted by Gasteiger charge is -2.08. The molecule has 27 heavy (non-hydrogen) atoms. The number of hydrogen-bond acceptors (Lipinski definition) is 3. The van der Waals surface area contributed by atoms with E-state index in [0.717, 1.165) is 22.6 Å². The van der Waals surface area contributed by atoms with E-state index in [1.807, 2.05) is 19.1 Å². The molecule has 1 heterocycles. The standard InChI is InChI=1S/C19H14ClF3N2OS/c1-11-17(13-5-3-7-15(20)10-13)25-18(27-11)24-16(26)9-12-4-2-6-14(8-12)19(21,22)23/h2-8,10H,9H2,1H3,(H,24,25,26). The number of nitrogens with zero attached hydrogens (tertiary/aromatic N) is 1. The van der Waals surface area contributed by atoms with Crippen molar-refractivity contribution in [2.24, 2.45) is 0 Å². The van der Waals surface area contributed by atoms with E-state index in [-0.39, 0.29) is 12.0 Å². The molecular weight excluding hydrogens is 397 g/mol. The number of carbonyl (C=O) groups is 1. The normalized spacial score (nSPS) is 11.4. The van der Waals surface area contributed by atoms with E-state index in [1.54, 1.807) is 12.1 Å². The molecule has 1 aromatic heterocycles. The van der Waals surface area contributed by atoms with Crippen molar-refractivity contribution in [1.29, 1.82) is 0 Å². The van der Waals surface area contributed by atoms with Gasteiger partial charge in [-0.3, -0.25) is 4.79 Å². The first-order valence-corrected chi connectivity index (χ1v) is 9.11. The van der Waals surface area contributed by atoms with Crippen LogP contribution in [0, 0.1) is 6.92 Å². The second-order valence-corrected chi connectivity index (χ2v) is 7.50. The fourth-order valence-electron chi connectivity index (χ4n) is 2.56. The minimum Gasteiger partial charge on any atom is -0.302 e. The summed E-state index contributed by atoms with van der Waals surface area (Å²) in [7, 11) is 0. The second-order valence-electron chi connectivity index (χ2n) is 5.86. The molecule has 8 heteroatoms. The van der Waals surface area contributed by atoms with Crippen LogP contribution < -0.4 is 5.32 Å². The second kappa shape index (κ2) is 7.70. The van der Waals surface area contributed by atoms with E-state index in [9.17, 15) is 18.0 Å². The Kier molecular flexibility index (Phi) is 5.53. The Bertz CT molecular complexity index is 985. The molecular formula is C19H14ClF3N2OS. The van der Waals surface area contributed by atoms with Gasteiger partial charge in [0.05, 0.1) is 17.7 Å². The molecule has 0 radical (unpaired) electrons. The number of amides is 1. The van der Waals surface area contributed by atoms with Gasteiger partial charge in [-0.05, 0) is 30.7 Å². The van der Waals surface area contributed by atoms with Gasteiger partial charge in [0, 0.05) is 15.5 Å². The molecule has 3 rings (SSSR count). The molecule has 0 fully saturated rings. The number of nitrogens with one attached hydrogen (secondary N) is 1. The molecule has 0 bridgehead atoms. The van der Waals surface area contributed by atoms with Crippen molar-refractivity contribution in [3.8, 4) is 11.3 Å². The van der Waals surface area contributed by atoms with Crippen molar-refractivity contribution < 1.29 is 18.0 Å². The van der Waals surface area contributed by atoms with Crippen molar-refractivity contribution >= 4 is 34.0 Å². The van der Waals surface area contributed by atoms with Gasteiger partial charge in [-0.2, -0.15) is 13.2 Å². The van der Waals surface area contributed by atoms with E-state index < -0.39 is 17.6 Å². The number of alkyl halides is 3. The lowest BCUT2D eigenvalue weighted by molar-refractivity contribution is -0.137. The minimum atomic E-state index is -4.44. The summed E-state index contributed by atoms with van der Waals surface area (Å²) >= 11 is 7.29.